The predicted molar refractivity (Wildman–Crippen MR) is 97.3 cm³/mol. The van der Waals surface area contributed by atoms with E-state index in [1.165, 1.54) is 25.3 Å². The zero-order valence-electron chi connectivity index (χ0n) is 15.3. The number of halogens is 2. The minimum Gasteiger partial charge on any atom is -0.493 e. The van der Waals surface area contributed by atoms with Crippen molar-refractivity contribution in [2.24, 2.45) is 0 Å². The topological polar surface area (TPSA) is 42.0 Å². The first-order chi connectivity index (χ1) is 13.0. The first-order valence-corrected chi connectivity index (χ1v) is 8.67. The molecule has 1 unspecified atom stereocenters. The minimum atomic E-state index is -2.96. The molecule has 0 spiro atoms. The van der Waals surface area contributed by atoms with E-state index in [-0.39, 0.29) is 23.4 Å². The largest absolute Gasteiger partial charge is 0.493 e. The van der Waals surface area contributed by atoms with Crippen LogP contribution in [0, 0.1) is 0 Å². The van der Waals surface area contributed by atoms with Crippen molar-refractivity contribution in [2.75, 3.05) is 33.8 Å². The monoisotopic (exact) mass is 376 g/mol. The Morgan fingerprint density at radius 3 is 2.52 bits per heavy atom. The number of methoxy groups -OCH3 is 1. The number of amides is 1. The zero-order valence-corrected chi connectivity index (χ0v) is 15.3. The summed E-state index contributed by atoms with van der Waals surface area (Å²) in [7, 11) is 3.38. The Bertz CT molecular complexity index is 786. The van der Waals surface area contributed by atoms with Gasteiger partial charge in [-0.3, -0.25) is 4.79 Å². The van der Waals surface area contributed by atoms with Crippen LogP contribution in [0.5, 0.6) is 11.5 Å². The van der Waals surface area contributed by atoms with E-state index in [1.807, 2.05) is 42.3 Å². The van der Waals surface area contributed by atoms with Crippen molar-refractivity contribution < 1.29 is 23.0 Å². The molecule has 0 aliphatic carbocycles. The Hall–Kier alpha value is -2.67. The van der Waals surface area contributed by atoms with Crippen molar-refractivity contribution in [3.63, 3.8) is 0 Å². The average molecular weight is 376 g/mol. The Morgan fingerprint density at radius 2 is 1.85 bits per heavy atom. The van der Waals surface area contributed by atoms with Gasteiger partial charge in [0.25, 0.3) is 5.91 Å². The molecule has 1 aliphatic heterocycles. The number of benzene rings is 2. The molecule has 0 aromatic heterocycles. The van der Waals surface area contributed by atoms with Gasteiger partial charge in [0.1, 0.15) is 0 Å². The molecule has 1 amide bonds. The lowest BCUT2D eigenvalue weighted by molar-refractivity contribution is -0.0512. The van der Waals surface area contributed by atoms with Crippen LogP contribution >= 0.6 is 0 Å². The summed E-state index contributed by atoms with van der Waals surface area (Å²) in [6, 6.07) is 14.0. The zero-order chi connectivity index (χ0) is 19.4. The second kappa shape index (κ2) is 8.35. The van der Waals surface area contributed by atoms with Crippen LogP contribution in [0.25, 0.3) is 0 Å². The fourth-order valence-electron chi connectivity index (χ4n) is 3.28. The van der Waals surface area contributed by atoms with Gasteiger partial charge in [0.2, 0.25) is 0 Å². The molecular formula is C20H22F2N2O3. The molecule has 2 aromatic carbocycles. The maximum absolute atomic E-state index is 13.2. The van der Waals surface area contributed by atoms with Crippen molar-refractivity contribution in [1.82, 2.24) is 9.80 Å². The molecular weight excluding hydrogens is 354 g/mol. The first kappa shape index (κ1) is 19.1. The highest BCUT2D eigenvalue weighted by Gasteiger charge is 2.31. The van der Waals surface area contributed by atoms with E-state index in [0.717, 1.165) is 18.7 Å². The van der Waals surface area contributed by atoms with Gasteiger partial charge in [-0.05, 0) is 30.8 Å². The van der Waals surface area contributed by atoms with E-state index in [9.17, 15) is 13.6 Å². The number of alkyl halides is 2. The van der Waals surface area contributed by atoms with Crippen LogP contribution in [0.3, 0.4) is 0 Å². The predicted octanol–water partition coefficient (Wildman–Crippen LogP) is 3.43. The van der Waals surface area contributed by atoms with E-state index >= 15 is 0 Å². The summed E-state index contributed by atoms with van der Waals surface area (Å²) in [6.45, 7) is -0.898. The van der Waals surface area contributed by atoms with Gasteiger partial charge in [0.05, 0.1) is 13.2 Å². The van der Waals surface area contributed by atoms with Crippen LogP contribution in [0.4, 0.5) is 8.78 Å². The minimum absolute atomic E-state index is 0.0829. The lowest BCUT2D eigenvalue weighted by atomic mass is 10.0. The van der Waals surface area contributed by atoms with Crippen molar-refractivity contribution in [3.8, 4) is 11.5 Å². The van der Waals surface area contributed by atoms with Crippen molar-refractivity contribution in [3.05, 3.63) is 59.7 Å². The summed E-state index contributed by atoms with van der Waals surface area (Å²) in [5.41, 5.74) is 1.43. The molecule has 2 aromatic rings. The third-order valence-corrected chi connectivity index (χ3v) is 4.66. The highest BCUT2D eigenvalue weighted by molar-refractivity contribution is 5.95. The highest BCUT2D eigenvalue weighted by atomic mass is 19.3. The maximum Gasteiger partial charge on any atom is 0.387 e. The molecule has 5 nitrogen and oxygen atoms in total. The van der Waals surface area contributed by atoms with Gasteiger partial charge < -0.3 is 19.3 Å². The first-order valence-electron chi connectivity index (χ1n) is 8.67. The summed E-state index contributed by atoms with van der Waals surface area (Å²) in [4.78, 5) is 17.2. The van der Waals surface area contributed by atoms with Crippen LogP contribution in [-0.2, 0) is 0 Å². The number of likely N-dealkylation sites (N-methyl/N-ethyl adjacent to an activating group) is 1. The number of carbonyl (C=O) groups is 1. The number of nitrogens with zero attached hydrogens (tertiary/aromatic N) is 2. The van der Waals surface area contributed by atoms with Gasteiger partial charge in [-0.15, -0.1) is 0 Å². The second-order valence-corrected chi connectivity index (χ2v) is 6.43. The van der Waals surface area contributed by atoms with Gasteiger partial charge in [-0.1, -0.05) is 30.3 Å². The molecule has 1 atom stereocenters. The van der Waals surface area contributed by atoms with E-state index < -0.39 is 6.61 Å². The highest BCUT2D eigenvalue weighted by Crippen LogP contribution is 2.32. The molecule has 1 fully saturated rings. The molecule has 3 rings (SSSR count). The molecule has 1 heterocycles. The number of hydrogen-bond acceptors (Lipinski definition) is 4. The molecule has 0 bridgehead atoms. The number of hydrogen-bond donors (Lipinski definition) is 0. The fraction of sp³-hybridized carbons (Fsp3) is 0.350. The number of rotatable bonds is 5. The van der Waals surface area contributed by atoms with Crippen LogP contribution in [0.15, 0.2) is 48.5 Å². The molecule has 7 heteroatoms. The standard InChI is InChI=1S/C20H22F2N2O3/c1-23-10-11-24(16(13-23)14-6-4-3-5-7-14)19(25)15-8-9-17(27-20(21)22)18(12-15)26-2/h3-9,12,16,20H,10-11,13H2,1-2H3. The normalized spacial score (nSPS) is 17.8. The SMILES string of the molecule is COc1cc(C(=O)N2CCN(C)CC2c2ccccc2)ccc1OC(F)F. The van der Waals surface area contributed by atoms with Crippen LogP contribution < -0.4 is 9.47 Å². The van der Waals surface area contributed by atoms with Crippen molar-refractivity contribution in [1.29, 1.82) is 0 Å². The molecule has 0 radical (unpaired) electrons. The summed E-state index contributed by atoms with van der Waals surface area (Å²) < 4.78 is 34.6. The quantitative estimate of drug-likeness (QED) is 0.802. The Morgan fingerprint density at radius 1 is 1.11 bits per heavy atom. The van der Waals surface area contributed by atoms with Gasteiger partial charge in [0, 0.05) is 25.2 Å². The summed E-state index contributed by atoms with van der Waals surface area (Å²) >= 11 is 0. The van der Waals surface area contributed by atoms with Gasteiger partial charge in [-0.25, -0.2) is 0 Å². The van der Waals surface area contributed by atoms with Crippen molar-refractivity contribution >= 4 is 5.91 Å². The maximum atomic E-state index is 13.2. The Labute approximate surface area is 157 Å². The molecule has 27 heavy (non-hydrogen) atoms. The molecule has 0 N–H and O–H groups in total. The average Bonchev–Trinajstić information content (AvgIpc) is 2.68. The van der Waals surface area contributed by atoms with Crippen molar-refractivity contribution in [2.45, 2.75) is 12.7 Å². The molecule has 1 aliphatic rings. The number of ether oxygens (including phenoxy) is 2. The lowest BCUT2D eigenvalue weighted by Gasteiger charge is -2.40. The van der Waals surface area contributed by atoms with Gasteiger partial charge in [0.15, 0.2) is 11.5 Å². The Kier molecular flexibility index (Phi) is 5.91. The molecule has 1 saturated heterocycles. The molecule has 0 saturated carbocycles. The van der Waals surface area contributed by atoms with E-state index in [0.29, 0.717) is 12.1 Å². The Balaban J connectivity index is 1.89. The van der Waals surface area contributed by atoms with E-state index in [2.05, 4.69) is 9.64 Å². The summed E-state index contributed by atoms with van der Waals surface area (Å²) in [5.74, 6) is -0.160. The second-order valence-electron chi connectivity index (χ2n) is 6.43. The smallest absolute Gasteiger partial charge is 0.387 e. The molecule has 144 valence electrons. The third-order valence-electron chi connectivity index (χ3n) is 4.66. The van der Waals surface area contributed by atoms with Crippen LogP contribution in [-0.4, -0.2) is 56.1 Å². The van der Waals surface area contributed by atoms with Crippen LogP contribution in [0.1, 0.15) is 22.0 Å². The summed E-state index contributed by atoms with van der Waals surface area (Å²) in [5, 5.41) is 0. The lowest BCUT2D eigenvalue weighted by Crippen LogP contribution is -2.49. The van der Waals surface area contributed by atoms with E-state index in [4.69, 9.17) is 4.74 Å². The fourth-order valence-corrected chi connectivity index (χ4v) is 3.28. The van der Waals surface area contributed by atoms with Gasteiger partial charge in [-0.2, -0.15) is 8.78 Å². The summed E-state index contributed by atoms with van der Waals surface area (Å²) in [6.07, 6.45) is 0. The third kappa shape index (κ3) is 4.36. The van der Waals surface area contributed by atoms with E-state index in [1.54, 1.807) is 0 Å². The number of piperazine rings is 1. The number of carbonyl (C=O) groups excluding carboxylic acids is 1. The van der Waals surface area contributed by atoms with Crippen LogP contribution in [0.2, 0.25) is 0 Å². The van der Waals surface area contributed by atoms with Gasteiger partial charge >= 0.3 is 6.61 Å².